The van der Waals surface area contributed by atoms with Crippen LogP contribution in [0.25, 0.3) is 16.5 Å². The number of halogens is 1. The van der Waals surface area contributed by atoms with Crippen LogP contribution in [0.5, 0.6) is 5.88 Å². The summed E-state index contributed by atoms with van der Waals surface area (Å²) in [5, 5.41) is 12.1. The van der Waals surface area contributed by atoms with Crippen molar-refractivity contribution < 1.29 is 9.50 Å². The minimum Gasteiger partial charge on any atom is -0.494 e. The standard InChI is InChI=1S/C23H24FN3O2/c1-2-26-13-5-6-18(26)14-25-15-21-19-7-3-4-8-20(19)22(28)27(23(21)29)17-11-9-16(24)10-12-17/h3-4,7-12,15,18,29H,2,5-6,13-14H2,1H3/t18-/m1/s1. The molecular weight excluding hydrogens is 369 g/mol. The lowest BCUT2D eigenvalue weighted by molar-refractivity contribution is 0.273. The van der Waals surface area contributed by atoms with Crippen molar-refractivity contribution in [3.05, 3.63) is 70.3 Å². The number of likely N-dealkylation sites (N-methyl/N-ethyl adjacent to an activating group) is 1. The zero-order chi connectivity index (χ0) is 20.4. The third kappa shape index (κ3) is 3.68. The molecule has 2 heterocycles. The molecule has 2 aromatic carbocycles. The summed E-state index contributed by atoms with van der Waals surface area (Å²) in [6.07, 6.45) is 3.95. The molecule has 150 valence electrons. The van der Waals surface area contributed by atoms with Crippen LogP contribution in [0.1, 0.15) is 25.3 Å². The van der Waals surface area contributed by atoms with E-state index in [-0.39, 0.29) is 11.4 Å². The van der Waals surface area contributed by atoms with Crippen molar-refractivity contribution in [1.82, 2.24) is 9.47 Å². The maximum Gasteiger partial charge on any atom is 0.265 e. The normalized spacial score (nSPS) is 17.5. The third-order valence-electron chi connectivity index (χ3n) is 5.63. The van der Waals surface area contributed by atoms with Gasteiger partial charge in [-0.3, -0.25) is 14.7 Å². The minimum atomic E-state index is -0.402. The highest BCUT2D eigenvalue weighted by Crippen LogP contribution is 2.26. The summed E-state index contributed by atoms with van der Waals surface area (Å²) in [6.45, 7) is 4.90. The summed E-state index contributed by atoms with van der Waals surface area (Å²) < 4.78 is 14.5. The Kier molecular flexibility index (Phi) is 5.45. The van der Waals surface area contributed by atoms with Crippen molar-refractivity contribution in [2.24, 2.45) is 4.99 Å². The first kappa shape index (κ1) is 19.3. The lowest BCUT2D eigenvalue weighted by atomic mass is 10.1. The van der Waals surface area contributed by atoms with Crippen molar-refractivity contribution >= 4 is 17.0 Å². The molecule has 1 aliphatic heterocycles. The molecule has 0 aliphatic carbocycles. The van der Waals surface area contributed by atoms with Gasteiger partial charge in [-0.05, 0) is 56.3 Å². The minimum absolute atomic E-state index is 0.192. The third-order valence-corrected chi connectivity index (χ3v) is 5.63. The molecule has 1 aliphatic rings. The highest BCUT2D eigenvalue weighted by molar-refractivity contribution is 6.01. The average molecular weight is 393 g/mol. The van der Waals surface area contributed by atoms with E-state index in [1.807, 2.05) is 6.07 Å². The molecule has 0 spiro atoms. The van der Waals surface area contributed by atoms with Gasteiger partial charge in [0.25, 0.3) is 5.56 Å². The van der Waals surface area contributed by atoms with Gasteiger partial charge in [0.15, 0.2) is 0 Å². The monoisotopic (exact) mass is 393 g/mol. The lowest BCUT2D eigenvalue weighted by Gasteiger charge is -2.20. The predicted molar refractivity (Wildman–Crippen MR) is 114 cm³/mol. The molecule has 29 heavy (non-hydrogen) atoms. The Balaban J connectivity index is 1.79. The maximum absolute atomic E-state index is 13.3. The molecule has 1 fully saturated rings. The largest absolute Gasteiger partial charge is 0.494 e. The number of aromatic hydroxyl groups is 1. The highest BCUT2D eigenvalue weighted by Gasteiger charge is 2.22. The average Bonchev–Trinajstić information content (AvgIpc) is 3.19. The first-order valence-electron chi connectivity index (χ1n) is 9.96. The van der Waals surface area contributed by atoms with Crippen molar-refractivity contribution in [3.63, 3.8) is 0 Å². The Morgan fingerprint density at radius 1 is 1.17 bits per heavy atom. The van der Waals surface area contributed by atoms with Gasteiger partial charge in [-0.2, -0.15) is 0 Å². The van der Waals surface area contributed by atoms with E-state index < -0.39 is 5.82 Å². The number of likely N-dealkylation sites (tertiary alicyclic amines) is 1. The molecule has 6 heteroatoms. The second-order valence-electron chi connectivity index (χ2n) is 7.32. The van der Waals surface area contributed by atoms with E-state index in [2.05, 4.69) is 16.8 Å². The van der Waals surface area contributed by atoms with E-state index in [1.165, 1.54) is 35.3 Å². The van der Waals surface area contributed by atoms with Crippen molar-refractivity contribution in [1.29, 1.82) is 0 Å². The first-order chi connectivity index (χ1) is 14.1. The highest BCUT2D eigenvalue weighted by atomic mass is 19.1. The van der Waals surface area contributed by atoms with E-state index in [1.54, 1.807) is 24.4 Å². The van der Waals surface area contributed by atoms with Gasteiger partial charge in [0, 0.05) is 23.0 Å². The van der Waals surface area contributed by atoms with Crippen LogP contribution in [-0.2, 0) is 0 Å². The molecule has 0 radical (unpaired) electrons. The van der Waals surface area contributed by atoms with Crippen LogP contribution in [0, 0.1) is 5.82 Å². The number of aromatic nitrogens is 1. The molecule has 4 rings (SSSR count). The molecule has 0 saturated carbocycles. The first-order valence-corrected chi connectivity index (χ1v) is 9.96. The molecule has 0 unspecified atom stereocenters. The van der Waals surface area contributed by atoms with Crippen LogP contribution in [0.4, 0.5) is 4.39 Å². The Morgan fingerprint density at radius 3 is 2.62 bits per heavy atom. The van der Waals surface area contributed by atoms with Gasteiger partial charge in [-0.1, -0.05) is 25.1 Å². The van der Waals surface area contributed by atoms with Crippen LogP contribution >= 0.6 is 0 Å². The summed E-state index contributed by atoms with van der Waals surface area (Å²) in [5.74, 6) is -0.594. The number of aliphatic imine (C=N–C) groups is 1. The predicted octanol–water partition coefficient (Wildman–Crippen LogP) is 3.74. The summed E-state index contributed by atoms with van der Waals surface area (Å²) in [5.41, 5.74) is 0.544. The van der Waals surface area contributed by atoms with Crippen molar-refractivity contribution in [2.75, 3.05) is 19.6 Å². The van der Waals surface area contributed by atoms with Gasteiger partial charge >= 0.3 is 0 Å². The van der Waals surface area contributed by atoms with Crippen LogP contribution < -0.4 is 5.56 Å². The number of pyridine rings is 1. The molecule has 1 saturated heterocycles. The number of hydrogen-bond acceptors (Lipinski definition) is 4. The number of benzene rings is 2. The SMILES string of the molecule is CCN1CCC[C@@H]1CN=Cc1c(O)n(-c2ccc(F)cc2)c(=O)c2ccccc12. The molecule has 3 aromatic rings. The van der Waals surface area contributed by atoms with Crippen LogP contribution in [0.2, 0.25) is 0 Å². The fraction of sp³-hybridized carbons (Fsp3) is 0.304. The number of nitrogens with zero attached hydrogens (tertiary/aromatic N) is 3. The second-order valence-corrected chi connectivity index (χ2v) is 7.32. The van der Waals surface area contributed by atoms with Gasteiger partial charge in [0.2, 0.25) is 5.88 Å². The fourth-order valence-corrected chi connectivity index (χ4v) is 4.10. The molecule has 1 atom stereocenters. The van der Waals surface area contributed by atoms with E-state index in [9.17, 15) is 14.3 Å². The van der Waals surface area contributed by atoms with Crippen molar-refractivity contribution in [2.45, 2.75) is 25.8 Å². The van der Waals surface area contributed by atoms with Crippen molar-refractivity contribution in [3.8, 4) is 11.6 Å². The molecule has 0 amide bonds. The van der Waals surface area contributed by atoms with Crippen LogP contribution in [-0.4, -0.2) is 46.5 Å². The van der Waals surface area contributed by atoms with E-state index in [0.717, 1.165) is 19.5 Å². The molecule has 5 nitrogen and oxygen atoms in total. The van der Waals surface area contributed by atoms with Gasteiger partial charge in [0.1, 0.15) is 5.82 Å². The summed E-state index contributed by atoms with van der Waals surface area (Å²) in [7, 11) is 0. The molecule has 1 aromatic heterocycles. The smallest absolute Gasteiger partial charge is 0.265 e. The molecule has 1 N–H and O–H groups in total. The Hall–Kier alpha value is -2.99. The lowest BCUT2D eigenvalue weighted by Crippen LogP contribution is -2.31. The summed E-state index contributed by atoms with van der Waals surface area (Å²) >= 11 is 0. The number of fused-ring (bicyclic) bond motifs is 1. The van der Waals surface area contributed by atoms with E-state index in [4.69, 9.17) is 0 Å². The van der Waals surface area contributed by atoms with Crippen LogP contribution in [0.15, 0.2) is 58.3 Å². The quantitative estimate of drug-likeness (QED) is 0.672. The van der Waals surface area contributed by atoms with Crippen LogP contribution in [0.3, 0.4) is 0 Å². The number of rotatable bonds is 5. The maximum atomic E-state index is 13.3. The van der Waals surface area contributed by atoms with E-state index >= 15 is 0 Å². The summed E-state index contributed by atoms with van der Waals surface area (Å²) in [4.78, 5) is 20.0. The Bertz CT molecular complexity index is 1110. The van der Waals surface area contributed by atoms with E-state index in [0.29, 0.717) is 34.6 Å². The van der Waals surface area contributed by atoms with Gasteiger partial charge in [-0.25, -0.2) is 8.96 Å². The number of hydrogen-bond donors (Lipinski definition) is 1. The molecule has 0 bridgehead atoms. The Labute approximate surface area is 168 Å². The zero-order valence-electron chi connectivity index (χ0n) is 16.4. The topological polar surface area (TPSA) is 57.8 Å². The second kappa shape index (κ2) is 8.17. The van der Waals surface area contributed by atoms with Gasteiger partial charge in [0.05, 0.1) is 17.8 Å². The Morgan fingerprint density at radius 2 is 1.90 bits per heavy atom. The summed E-state index contributed by atoms with van der Waals surface area (Å²) in [6, 6.07) is 13.0. The van der Waals surface area contributed by atoms with Gasteiger partial charge in [-0.15, -0.1) is 0 Å². The molecular formula is C23H24FN3O2. The zero-order valence-corrected chi connectivity index (χ0v) is 16.4. The fourth-order valence-electron chi connectivity index (χ4n) is 4.10. The van der Waals surface area contributed by atoms with Gasteiger partial charge < -0.3 is 5.11 Å².